The second kappa shape index (κ2) is 19.1. The van der Waals surface area contributed by atoms with Gasteiger partial charge < -0.3 is 9.47 Å². The van der Waals surface area contributed by atoms with Crippen LogP contribution >= 0.6 is 11.3 Å². The molecule has 1 aliphatic rings. The van der Waals surface area contributed by atoms with Gasteiger partial charge in [-0.25, -0.2) is 0 Å². The number of anilines is 1. The molecule has 2 heterocycles. The third kappa shape index (κ3) is 8.78. The minimum Gasteiger partial charge on any atom is -0.342 e. The smallest absolute Gasteiger partial charge is 0.0541 e. The number of allylic oxidation sites excluding steroid dienone is 14. The first kappa shape index (κ1) is 40.4. The highest BCUT2D eigenvalue weighted by Crippen LogP contribution is 2.39. The minimum atomic E-state index is 0.741. The van der Waals surface area contributed by atoms with E-state index in [1.807, 2.05) is 11.3 Å². The van der Waals surface area contributed by atoms with Crippen LogP contribution in [0.1, 0.15) is 64.6 Å². The van der Waals surface area contributed by atoms with Gasteiger partial charge in [0.05, 0.1) is 5.52 Å². The first-order chi connectivity index (χ1) is 29.6. The highest BCUT2D eigenvalue weighted by atomic mass is 32.1. The van der Waals surface area contributed by atoms with Crippen LogP contribution in [0.15, 0.2) is 205 Å². The molecule has 0 atom stereocenters. The van der Waals surface area contributed by atoms with Gasteiger partial charge in [0.15, 0.2) is 0 Å². The van der Waals surface area contributed by atoms with E-state index in [4.69, 9.17) is 0 Å². The largest absolute Gasteiger partial charge is 0.342 e. The van der Waals surface area contributed by atoms with Gasteiger partial charge in [-0.1, -0.05) is 153 Å². The van der Waals surface area contributed by atoms with Crippen molar-refractivity contribution < 1.29 is 0 Å². The predicted molar refractivity (Wildman–Crippen MR) is 265 cm³/mol. The fourth-order valence-corrected chi connectivity index (χ4v) is 9.46. The summed E-state index contributed by atoms with van der Waals surface area (Å²) in [5, 5.41) is 3.86. The third-order valence-corrected chi connectivity index (χ3v) is 12.5. The van der Waals surface area contributed by atoms with Crippen molar-refractivity contribution in [2.45, 2.75) is 53.4 Å². The average molecular weight is 799 g/mol. The lowest BCUT2D eigenvalue weighted by Crippen LogP contribution is -2.21. The van der Waals surface area contributed by atoms with E-state index in [1.165, 1.54) is 75.9 Å². The summed E-state index contributed by atoms with van der Waals surface area (Å²) in [6.07, 6.45) is 31.2. The highest BCUT2D eigenvalue weighted by molar-refractivity contribution is 7.25. The van der Waals surface area contributed by atoms with Crippen molar-refractivity contribution in [1.82, 2.24) is 4.57 Å². The first-order valence-corrected chi connectivity index (χ1v) is 22.3. The van der Waals surface area contributed by atoms with Crippen molar-refractivity contribution >= 4 is 59.7 Å². The highest BCUT2D eigenvalue weighted by Gasteiger charge is 2.16. The van der Waals surface area contributed by atoms with Gasteiger partial charge in [0.2, 0.25) is 0 Å². The zero-order valence-electron chi connectivity index (χ0n) is 35.3. The number of aromatic nitrogens is 1. The molecule has 0 amide bonds. The second-order valence-corrected chi connectivity index (χ2v) is 16.4. The summed E-state index contributed by atoms with van der Waals surface area (Å²) in [5.74, 6) is 0. The summed E-state index contributed by atoms with van der Waals surface area (Å²) in [7, 11) is 0. The molecular weight excluding hydrogens is 745 g/mol. The van der Waals surface area contributed by atoms with Crippen LogP contribution < -0.4 is 4.90 Å². The Morgan fingerprint density at radius 2 is 1.60 bits per heavy atom. The third-order valence-electron chi connectivity index (χ3n) is 11.3. The number of nitrogens with zero attached hydrogens (tertiary/aromatic N) is 2. The molecule has 0 bridgehead atoms. The topological polar surface area (TPSA) is 8.17 Å². The van der Waals surface area contributed by atoms with Gasteiger partial charge in [0.25, 0.3) is 0 Å². The van der Waals surface area contributed by atoms with Crippen molar-refractivity contribution in [1.29, 1.82) is 0 Å². The van der Waals surface area contributed by atoms with Gasteiger partial charge in [-0.3, -0.25) is 0 Å². The maximum Gasteiger partial charge on any atom is 0.0541 e. The fourth-order valence-electron chi connectivity index (χ4n) is 8.32. The van der Waals surface area contributed by atoms with Crippen molar-refractivity contribution in [2.24, 2.45) is 0 Å². The number of hydrogen-bond donors (Lipinski definition) is 0. The number of rotatable bonds is 14. The number of benzene rings is 5. The maximum atomic E-state index is 2.44. The molecule has 0 N–H and O–H groups in total. The van der Waals surface area contributed by atoms with Gasteiger partial charge in [0, 0.05) is 54.9 Å². The Kier molecular flexibility index (Phi) is 12.8. The molecule has 0 spiro atoms. The molecule has 3 heteroatoms. The van der Waals surface area contributed by atoms with Gasteiger partial charge >= 0.3 is 0 Å². The predicted octanol–water partition coefficient (Wildman–Crippen LogP) is 16.6. The molecule has 0 fully saturated rings. The number of fused-ring (bicyclic) bond motifs is 4. The van der Waals surface area contributed by atoms with E-state index in [0.29, 0.717) is 0 Å². The lowest BCUT2D eigenvalue weighted by molar-refractivity contribution is 1.00. The number of hydrogen-bond acceptors (Lipinski definition) is 2. The van der Waals surface area contributed by atoms with Crippen molar-refractivity contribution in [3.63, 3.8) is 0 Å². The molecule has 298 valence electrons. The summed E-state index contributed by atoms with van der Waals surface area (Å²) in [4.78, 5) is 2.44. The van der Waals surface area contributed by atoms with E-state index in [-0.39, 0.29) is 0 Å². The Morgan fingerprint density at radius 3 is 2.42 bits per heavy atom. The lowest BCUT2D eigenvalue weighted by atomic mass is 9.98. The molecule has 0 unspecified atom stereocenters. The van der Waals surface area contributed by atoms with Crippen LogP contribution in [0.25, 0.3) is 59.5 Å². The van der Waals surface area contributed by atoms with E-state index >= 15 is 0 Å². The molecule has 2 aromatic heterocycles. The summed E-state index contributed by atoms with van der Waals surface area (Å²) < 4.78 is 5.04. The van der Waals surface area contributed by atoms with Crippen LogP contribution in [-0.2, 0) is 0 Å². The van der Waals surface area contributed by atoms with Crippen LogP contribution in [0, 0.1) is 0 Å². The quantitative estimate of drug-likeness (QED) is 0.0995. The van der Waals surface area contributed by atoms with E-state index < -0.39 is 0 Å². The standard InChI is InChI=1S/C57H54N2S/c1-5-8-11-28-49-40-54-51(31-19-32-55(54)59(49)50-36-37-53-52-30-16-17-33-56(52)60-57(53)41-50)47-26-18-29-48(39-47)58(38-20-27-44(21-6-2)46-24-14-10-15-25-46)42(4)34-35-43(7-3)45-22-12-9-13-23-45/h5,8-9,11-14,16-37,39-41H,6-7,10,15,38H2,1-4H3/b8-5-,27-20-,28-11-,42-34+,43-35+,44-21+. The van der Waals surface area contributed by atoms with Crippen molar-refractivity contribution in [3.05, 3.63) is 216 Å². The molecule has 0 radical (unpaired) electrons. The summed E-state index contributed by atoms with van der Waals surface area (Å²) in [5.41, 5.74) is 13.5. The minimum absolute atomic E-state index is 0.741. The molecule has 2 nitrogen and oxygen atoms in total. The maximum absolute atomic E-state index is 2.44. The Bertz CT molecular complexity index is 2880. The Morgan fingerprint density at radius 1 is 0.767 bits per heavy atom. The fraction of sp³-hybridized carbons (Fsp3) is 0.158. The number of thiophene rings is 1. The first-order valence-electron chi connectivity index (χ1n) is 21.5. The SMILES string of the molecule is C/C=C\C=C/c1cc2c(-c3cccc(N(C/C=C\C(=C/CC)C4=CCCC=C4)/C(C)=C/C=C(\CC)c4ccccc4)c3)cccc2n1-c1ccc2c(c1)sc1ccccc12. The van der Waals surface area contributed by atoms with Crippen LogP contribution in [0.3, 0.4) is 0 Å². The second-order valence-electron chi connectivity index (χ2n) is 15.3. The Hall–Kier alpha value is -6.42. The van der Waals surface area contributed by atoms with Gasteiger partial charge in [-0.05, 0) is 128 Å². The zero-order valence-corrected chi connectivity index (χ0v) is 36.1. The van der Waals surface area contributed by atoms with Crippen LogP contribution in [0.2, 0.25) is 0 Å². The van der Waals surface area contributed by atoms with E-state index in [9.17, 15) is 0 Å². The van der Waals surface area contributed by atoms with Crippen molar-refractivity contribution in [2.75, 3.05) is 11.4 Å². The van der Waals surface area contributed by atoms with Crippen molar-refractivity contribution in [3.8, 4) is 16.8 Å². The van der Waals surface area contributed by atoms with Gasteiger partial charge in [-0.15, -0.1) is 11.3 Å². The molecule has 1 aliphatic carbocycles. The van der Waals surface area contributed by atoms with Gasteiger partial charge in [-0.2, -0.15) is 0 Å². The van der Waals surface area contributed by atoms with E-state index in [1.54, 1.807) is 0 Å². The van der Waals surface area contributed by atoms with E-state index in [0.717, 1.165) is 43.6 Å². The lowest BCUT2D eigenvalue weighted by Gasteiger charge is -2.25. The Balaban J connectivity index is 1.21. The molecule has 0 aliphatic heterocycles. The summed E-state index contributed by atoms with van der Waals surface area (Å²) in [6, 6.07) is 44.6. The molecule has 60 heavy (non-hydrogen) atoms. The molecule has 5 aromatic carbocycles. The average Bonchev–Trinajstić information content (AvgIpc) is 3.86. The van der Waals surface area contributed by atoms with Crippen LogP contribution in [-0.4, -0.2) is 11.1 Å². The van der Waals surface area contributed by atoms with Crippen LogP contribution in [0.4, 0.5) is 5.69 Å². The molecule has 0 saturated heterocycles. The molecule has 7 aromatic rings. The molecular formula is C57H54N2S. The molecule has 0 saturated carbocycles. The molecule has 8 rings (SSSR count). The Labute approximate surface area is 360 Å². The van der Waals surface area contributed by atoms with Gasteiger partial charge in [0.1, 0.15) is 0 Å². The summed E-state index contributed by atoms with van der Waals surface area (Å²) >= 11 is 1.86. The van der Waals surface area contributed by atoms with E-state index in [2.05, 4.69) is 231 Å². The van der Waals surface area contributed by atoms with Crippen LogP contribution in [0.5, 0.6) is 0 Å². The summed E-state index contributed by atoms with van der Waals surface area (Å²) in [6.45, 7) is 9.49. The zero-order chi connectivity index (χ0) is 41.3. The normalized spacial score (nSPS) is 14.2. The monoisotopic (exact) mass is 798 g/mol.